The van der Waals surface area contributed by atoms with E-state index in [4.69, 9.17) is 9.47 Å². The van der Waals surface area contributed by atoms with Crippen LogP contribution in [0.1, 0.15) is 36.0 Å². The second-order valence-corrected chi connectivity index (χ2v) is 6.81. The average Bonchev–Trinajstić information content (AvgIpc) is 3.16. The number of amides is 1. The van der Waals surface area contributed by atoms with E-state index in [-0.39, 0.29) is 11.8 Å². The van der Waals surface area contributed by atoms with Crippen LogP contribution in [0.25, 0.3) is 10.9 Å². The number of aryl methyl sites for hydroxylation is 1. The van der Waals surface area contributed by atoms with Crippen molar-refractivity contribution in [1.82, 2.24) is 10.3 Å². The molecular weight excluding hydrogens is 352 g/mol. The van der Waals surface area contributed by atoms with Crippen molar-refractivity contribution in [3.05, 3.63) is 65.4 Å². The minimum Gasteiger partial charge on any atom is -0.497 e. The summed E-state index contributed by atoms with van der Waals surface area (Å²) < 4.78 is 10.3. The van der Waals surface area contributed by atoms with Crippen molar-refractivity contribution in [2.24, 2.45) is 0 Å². The number of para-hydroxylation sites is 1. The monoisotopic (exact) mass is 380 g/mol. The molecule has 28 heavy (non-hydrogen) atoms. The number of carbonyl (C=O) groups is 1. The van der Waals surface area contributed by atoms with Crippen LogP contribution in [0.3, 0.4) is 0 Å². The highest BCUT2D eigenvalue weighted by Crippen LogP contribution is 2.35. The molecule has 0 aliphatic carbocycles. The van der Waals surface area contributed by atoms with Crippen molar-refractivity contribution >= 4 is 16.8 Å². The second kappa shape index (κ2) is 9.42. The van der Waals surface area contributed by atoms with Crippen LogP contribution >= 0.6 is 0 Å². The first-order valence-electron chi connectivity index (χ1n) is 9.66. The van der Waals surface area contributed by atoms with Crippen LogP contribution in [-0.2, 0) is 16.0 Å². The van der Waals surface area contributed by atoms with E-state index in [1.807, 2.05) is 30.5 Å². The molecule has 5 heteroatoms. The largest absolute Gasteiger partial charge is 0.497 e. The van der Waals surface area contributed by atoms with E-state index in [0.29, 0.717) is 19.6 Å². The van der Waals surface area contributed by atoms with Gasteiger partial charge in [0.05, 0.1) is 13.7 Å². The molecule has 1 atom stereocenters. The summed E-state index contributed by atoms with van der Waals surface area (Å²) >= 11 is 0. The molecule has 2 N–H and O–H groups in total. The van der Waals surface area contributed by atoms with Gasteiger partial charge in [0.15, 0.2) is 0 Å². The molecule has 2 aromatic carbocycles. The topological polar surface area (TPSA) is 63.4 Å². The maximum Gasteiger partial charge on any atom is 0.221 e. The smallest absolute Gasteiger partial charge is 0.221 e. The molecule has 0 aliphatic rings. The van der Waals surface area contributed by atoms with Gasteiger partial charge in [0, 0.05) is 43.1 Å². The van der Waals surface area contributed by atoms with Gasteiger partial charge in [0.1, 0.15) is 5.75 Å². The number of benzene rings is 2. The zero-order chi connectivity index (χ0) is 19.9. The first kappa shape index (κ1) is 20.0. The van der Waals surface area contributed by atoms with E-state index < -0.39 is 0 Å². The molecule has 0 saturated heterocycles. The molecule has 0 fully saturated rings. The van der Waals surface area contributed by atoms with Crippen LogP contribution in [0.2, 0.25) is 0 Å². The van der Waals surface area contributed by atoms with Crippen molar-refractivity contribution in [2.75, 3.05) is 27.4 Å². The Morgan fingerprint density at radius 2 is 1.93 bits per heavy atom. The molecule has 1 unspecified atom stereocenters. The number of carbonyl (C=O) groups excluding carboxylic acids is 1. The molecule has 1 amide bonds. The van der Waals surface area contributed by atoms with Gasteiger partial charge in [-0.15, -0.1) is 0 Å². The van der Waals surface area contributed by atoms with Crippen LogP contribution in [0.4, 0.5) is 0 Å². The van der Waals surface area contributed by atoms with Gasteiger partial charge in [-0.25, -0.2) is 0 Å². The van der Waals surface area contributed by atoms with Crippen LogP contribution < -0.4 is 10.1 Å². The Balaban J connectivity index is 1.97. The summed E-state index contributed by atoms with van der Waals surface area (Å²) in [5.74, 6) is 0.771. The van der Waals surface area contributed by atoms with Crippen molar-refractivity contribution in [3.63, 3.8) is 0 Å². The zero-order valence-electron chi connectivity index (χ0n) is 16.7. The maximum atomic E-state index is 12.6. The lowest BCUT2D eigenvalue weighted by molar-refractivity contribution is -0.121. The van der Waals surface area contributed by atoms with E-state index in [9.17, 15) is 4.79 Å². The van der Waals surface area contributed by atoms with Crippen LogP contribution in [0, 0.1) is 0 Å². The lowest BCUT2D eigenvalue weighted by atomic mass is 9.87. The average molecular weight is 380 g/mol. The van der Waals surface area contributed by atoms with Crippen molar-refractivity contribution < 1.29 is 14.3 Å². The SMILES string of the molecule is CCc1cccc2c(C(CC(=O)NCCOC)c3ccc(OC)cc3)c[nH]c12. The van der Waals surface area contributed by atoms with E-state index in [1.165, 1.54) is 10.9 Å². The second-order valence-electron chi connectivity index (χ2n) is 6.81. The number of methoxy groups -OCH3 is 2. The first-order chi connectivity index (χ1) is 13.7. The standard InChI is InChI=1S/C23H28N2O3/c1-4-16-6-5-7-19-21(15-25-23(16)19)20(14-22(26)24-12-13-27-2)17-8-10-18(28-3)11-9-17/h5-11,15,20,25H,4,12-14H2,1-3H3,(H,24,26). The fourth-order valence-electron chi connectivity index (χ4n) is 3.62. The predicted molar refractivity (Wildman–Crippen MR) is 112 cm³/mol. The van der Waals surface area contributed by atoms with Gasteiger partial charge in [-0.05, 0) is 35.2 Å². The maximum absolute atomic E-state index is 12.6. The number of rotatable bonds is 9. The minimum atomic E-state index is -0.0469. The molecule has 1 aromatic heterocycles. The fourth-order valence-corrected chi connectivity index (χ4v) is 3.62. The molecule has 3 aromatic rings. The van der Waals surface area contributed by atoms with Crippen LogP contribution in [0.5, 0.6) is 5.75 Å². The van der Waals surface area contributed by atoms with Gasteiger partial charge in [0.2, 0.25) is 5.91 Å². The van der Waals surface area contributed by atoms with Crippen molar-refractivity contribution in [1.29, 1.82) is 0 Å². The highest BCUT2D eigenvalue weighted by Gasteiger charge is 2.22. The Bertz CT molecular complexity index is 915. The molecule has 0 saturated carbocycles. The summed E-state index contributed by atoms with van der Waals surface area (Å²) in [4.78, 5) is 16.0. The first-order valence-corrected chi connectivity index (χ1v) is 9.66. The van der Waals surface area contributed by atoms with Crippen molar-refractivity contribution in [3.8, 4) is 5.75 Å². The number of fused-ring (bicyclic) bond motifs is 1. The van der Waals surface area contributed by atoms with E-state index in [2.05, 4.69) is 35.4 Å². The number of hydrogen-bond acceptors (Lipinski definition) is 3. The van der Waals surface area contributed by atoms with Gasteiger partial charge < -0.3 is 19.8 Å². The number of nitrogens with one attached hydrogen (secondary N) is 2. The Kier molecular flexibility index (Phi) is 6.71. The number of aromatic amines is 1. The zero-order valence-corrected chi connectivity index (χ0v) is 16.7. The summed E-state index contributed by atoms with van der Waals surface area (Å²) in [7, 11) is 3.28. The lowest BCUT2D eigenvalue weighted by Gasteiger charge is -2.18. The number of hydrogen-bond donors (Lipinski definition) is 2. The molecule has 5 nitrogen and oxygen atoms in total. The summed E-state index contributed by atoms with van der Waals surface area (Å²) in [6, 6.07) is 14.3. The quantitative estimate of drug-likeness (QED) is 0.551. The molecule has 0 radical (unpaired) electrons. The molecular formula is C23H28N2O3. The lowest BCUT2D eigenvalue weighted by Crippen LogP contribution is -2.28. The molecule has 0 bridgehead atoms. The summed E-state index contributed by atoms with van der Waals surface area (Å²) in [6.07, 6.45) is 3.38. The third-order valence-electron chi connectivity index (χ3n) is 5.13. The van der Waals surface area contributed by atoms with Gasteiger partial charge in [-0.3, -0.25) is 4.79 Å². The van der Waals surface area contributed by atoms with Gasteiger partial charge in [-0.1, -0.05) is 37.3 Å². The third-order valence-corrected chi connectivity index (χ3v) is 5.13. The minimum absolute atomic E-state index is 0.0128. The van der Waals surface area contributed by atoms with Crippen LogP contribution in [-0.4, -0.2) is 38.3 Å². The van der Waals surface area contributed by atoms with Gasteiger partial charge >= 0.3 is 0 Å². The normalized spacial score (nSPS) is 12.1. The van der Waals surface area contributed by atoms with Crippen molar-refractivity contribution in [2.45, 2.75) is 25.7 Å². The number of aromatic nitrogens is 1. The number of ether oxygens (including phenoxy) is 2. The molecule has 0 aliphatic heterocycles. The van der Waals surface area contributed by atoms with Gasteiger partial charge in [0.25, 0.3) is 0 Å². The summed E-state index contributed by atoms with van der Waals surface area (Å²) in [5, 5.41) is 4.11. The molecule has 0 spiro atoms. The Hall–Kier alpha value is -2.79. The van der Waals surface area contributed by atoms with E-state index in [1.54, 1.807) is 14.2 Å². The fraction of sp³-hybridized carbons (Fsp3) is 0.348. The molecule has 3 rings (SSSR count). The highest BCUT2D eigenvalue weighted by atomic mass is 16.5. The Morgan fingerprint density at radius 1 is 1.14 bits per heavy atom. The summed E-state index contributed by atoms with van der Waals surface area (Å²) in [6.45, 7) is 3.17. The molecule has 1 heterocycles. The Labute approximate surface area is 166 Å². The highest BCUT2D eigenvalue weighted by molar-refractivity contribution is 5.88. The van der Waals surface area contributed by atoms with E-state index >= 15 is 0 Å². The summed E-state index contributed by atoms with van der Waals surface area (Å²) in [5.41, 5.74) is 4.66. The van der Waals surface area contributed by atoms with Gasteiger partial charge in [-0.2, -0.15) is 0 Å². The Morgan fingerprint density at radius 3 is 2.61 bits per heavy atom. The third kappa shape index (κ3) is 4.37. The van der Waals surface area contributed by atoms with E-state index in [0.717, 1.165) is 28.8 Å². The molecule has 148 valence electrons. The predicted octanol–water partition coefficient (Wildman–Crippen LogP) is 4.02. The van der Waals surface area contributed by atoms with Crippen LogP contribution in [0.15, 0.2) is 48.7 Å². The number of H-pyrrole nitrogens is 1.